The van der Waals surface area contributed by atoms with E-state index in [9.17, 15) is 4.79 Å². The quantitative estimate of drug-likeness (QED) is 0.405. The molecule has 0 saturated heterocycles. The predicted molar refractivity (Wildman–Crippen MR) is 111 cm³/mol. The van der Waals surface area contributed by atoms with Crippen LogP contribution in [0.3, 0.4) is 0 Å². The lowest BCUT2D eigenvalue weighted by atomic mass is 10.1. The maximum Gasteiger partial charge on any atom is 0.345 e. The topological polar surface area (TPSA) is 50.9 Å². The molecule has 1 aromatic heterocycles. The fraction of sp³-hybridized carbons (Fsp3) is 0.0435. The van der Waals surface area contributed by atoms with Gasteiger partial charge in [-0.1, -0.05) is 42.5 Å². The molecule has 0 atom stereocenters. The number of benzene rings is 3. The zero-order chi connectivity index (χ0) is 19.5. The largest absolute Gasteiger partial charge is 0.500 e. The van der Waals surface area contributed by atoms with Crippen LogP contribution in [0, 0.1) is 6.57 Å². The molecular weight excluding hydrogens is 370 g/mol. The summed E-state index contributed by atoms with van der Waals surface area (Å²) < 4.78 is 5.89. The van der Waals surface area contributed by atoms with Gasteiger partial charge in [0.1, 0.15) is 17.2 Å². The van der Waals surface area contributed by atoms with Gasteiger partial charge < -0.3 is 9.84 Å². The molecule has 0 unspecified atom stereocenters. The third-order valence-electron chi connectivity index (χ3n) is 4.39. The molecule has 4 rings (SSSR count). The van der Waals surface area contributed by atoms with Gasteiger partial charge in [-0.05, 0) is 52.2 Å². The van der Waals surface area contributed by atoms with Gasteiger partial charge >= 0.3 is 5.97 Å². The Morgan fingerprint density at radius 2 is 1.82 bits per heavy atom. The van der Waals surface area contributed by atoms with Crippen LogP contribution in [0.15, 0.2) is 72.8 Å². The van der Waals surface area contributed by atoms with Crippen LogP contribution in [0.4, 0.5) is 5.69 Å². The molecular formula is C23H15NO3S. The molecule has 4 nitrogen and oxygen atoms in total. The van der Waals surface area contributed by atoms with E-state index in [4.69, 9.17) is 16.4 Å². The fourth-order valence-corrected chi connectivity index (χ4v) is 3.82. The predicted octanol–water partition coefficient (Wildman–Crippen LogP) is 6.40. The number of aromatic carboxylic acids is 1. The lowest BCUT2D eigenvalue weighted by molar-refractivity contribution is 0.0702. The number of nitrogens with zero attached hydrogens (tertiary/aromatic N) is 1. The van der Waals surface area contributed by atoms with Crippen molar-refractivity contribution in [1.82, 2.24) is 0 Å². The molecule has 0 fully saturated rings. The van der Waals surface area contributed by atoms with E-state index in [-0.39, 0.29) is 4.88 Å². The Bertz CT molecular complexity index is 1220. The Labute approximate surface area is 166 Å². The fourth-order valence-electron chi connectivity index (χ4n) is 2.98. The van der Waals surface area contributed by atoms with Crippen LogP contribution in [0.1, 0.15) is 15.2 Å². The van der Waals surface area contributed by atoms with Crippen LogP contribution in [0.25, 0.3) is 26.1 Å². The van der Waals surface area contributed by atoms with Gasteiger partial charge in [0.15, 0.2) is 0 Å². The maximum atomic E-state index is 11.1. The van der Waals surface area contributed by atoms with Crippen molar-refractivity contribution in [3.63, 3.8) is 0 Å². The van der Waals surface area contributed by atoms with Gasteiger partial charge in [-0.2, -0.15) is 0 Å². The summed E-state index contributed by atoms with van der Waals surface area (Å²) in [5.74, 6) is -0.432. The molecule has 0 amide bonds. The minimum Gasteiger partial charge on any atom is -0.500 e. The van der Waals surface area contributed by atoms with Crippen LogP contribution < -0.4 is 4.74 Å². The van der Waals surface area contributed by atoms with Crippen LogP contribution in [0.2, 0.25) is 0 Å². The Hall–Kier alpha value is -3.62. The number of hydrogen-bond acceptors (Lipinski definition) is 3. The van der Waals surface area contributed by atoms with E-state index in [1.807, 2.05) is 24.3 Å². The van der Waals surface area contributed by atoms with Crippen molar-refractivity contribution in [2.75, 3.05) is 0 Å². The zero-order valence-corrected chi connectivity index (χ0v) is 15.6. The summed E-state index contributed by atoms with van der Waals surface area (Å²) in [6, 6.07) is 23.0. The van der Waals surface area contributed by atoms with E-state index in [0.717, 1.165) is 21.4 Å². The molecule has 136 valence electrons. The van der Waals surface area contributed by atoms with Crippen molar-refractivity contribution >= 4 is 33.8 Å². The van der Waals surface area contributed by atoms with E-state index in [2.05, 4.69) is 29.1 Å². The lowest BCUT2D eigenvalue weighted by Gasteiger charge is -2.10. The first-order chi connectivity index (χ1) is 13.6. The highest BCUT2D eigenvalue weighted by Crippen LogP contribution is 2.36. The number of rotatable bonds is 5. The summed E-state index contributed by atoms with van der Waals surface area (Å²) in [4.78, 5) is 15.7. The van der Waals surface area contributed by atoms with Crippen molar-refractivity contribution < 1.29 is 14.6 Å². The van der Waals surface area contributed by atoms with Crippen LogP contribution in [-0.2, 0) is 6.61 Å². The highest BCUT2D eigenvalue weighted by Gasteiger charge is 2.11. The second-order valence-electron chi connectivity index (χ2n) is 6.23. The number of carbonyl (C=O) groups is 1. The molecule has 0 aliphatic rings. The smallest absolute Gasteiger partial charge is 0.345 e. The van der Waals surface area contributed by atoms with Crippen LogP contribution in [-0.4, -0.2) is 11.1 Å². The summed E-state index contributed by atoms with van der Waals surface area (Å²) in [5.41, 5.74) is 2.24. The molecule has 28 heavy (non-hydrogen) atoms. The molecule has 0 aliphatic carbocycles. The molecule has 0 radical (unpaired) electrons. The van der Waals surface area contributed by atoms with E-state index in [1.165, 1.54) is 16.7 Å². The molecule has 5 heteroatoms. The highest BCUT2D eigenvalue weighted by atomic mass is 32.1. The Balaban J connectivity index is 1.55. The Kier molecular flexibility index (Phi) is 4.79. The summed E-state index contributed by atoms with van der Waals surface area (Å²) in [7, 11) is 0. The highest BCUT2D eigenvalue weighted by molar-refractivity contribution is 7.17. The van der Waals surface area contributed by atoms with Crippen LogP contribution >= 0.6 is 11.3 Å². The van der Waals surface area contributed by atoms with Gasteiger partial charge in [0.05, 0.1) is 6.57 Å². The molecule has 1 heterocycles. The van der Waals surface area contributed by atoms with E-state index >= 15 is 0 Å². The van der Waals surface area contributed by atoms with Gasteiger partial charge in [-0.25, -0.2) is 9.64 Å². The van der Waals surface area contributed by atoms with Gasteiger partial charge in [0, 0.05) is 4.88 Å². The molecule has 0 bridgehead atoms. The number of ether oxygens (including phenoxy) is 1. The standard InChI is InChI=1S/C23H15NO3S/c1-24-19-13-18(21-10-11-22(28-21)23(25)26)8-9-20(19)27-14-15-6-7-16-4-2-3-5-17(16)12-15/h2-13H,14H2,(H,25,26). The number of carboxylic acid groups (broad SMARTS) is 1. The number of hydrogen-bond donors (Lipinski definition) is 1. The minimum absolute atomic E-state index is 0.274. The summed E-state index contributed by atoms with van der Waals surface area (Å²) in [5, 5.41) is 11.4. The van der Waals surface area contributed by atoms with E-state index in [1.54, 1.807) is 24.3 Å². The molecule has 0 spiro atoms. The normalized spacial score (nSPS) is 10.5. The van der Waals surface area contributed by atoms with Crippen molar-refractivity contribution in [3.05, 3.63) is 94.7 Å². The van der Waals surface area contributed by atoms with E-state index in [0.29, 0.717) is 18.0 Å². The molecule has 0 aliphatic heterocycles. The molecule has 1 N–H and O–H groups in total. The maximum absolute atomic E-state index is 11.1. The van der Waals surface area contributed by atoms with Crippen molar-refractivity contribution in [3.8, 4) is 16.2 Å². The van der Waals surface area contributed by atoms with Gasteiger partial charge in [-0.3, -0.25) is 0 Å². The van der Waals surface area contributed by atoms with Crippen molar-refractivity contribution in [2.24, 2.45) is 0 Å². The Morgan fingerprint density at radius 3 is 2.57 bits per heavy atom. The van der Waals surface area contributed by atoms with E-state index < -0.39 is 5.97 Å². The summed E-state index contributed by atoms with van der Waals surface area (Å²) in [6.07, 6.45) is 0. The summed E-state index contributed by atoms with van der Waals surface area (Å²) in [6.45, 7) is 7.83. The van der Waals surface area contributed by atoms with Gasteiger partial charge in [0.25, 0.3) is 0 Å². The number of fused-ring (bicyclic) bond motifs is 1. The average Bonchev–Trinajstić information content (AvgIpc) is 3.22. The summed E-state index contributed by atoms with van der Waals surface area (Å²) >= 11 is 1.19. The van der Waals surface area contributed by atoms with Crippen molar-refractivity contribution in [1.29, 1.82) is 0 Å². The lowest BCUT2D eigenvalue weighted by Crippen LogP contribution is -1.95. The second-order valence-corrected chi connectivity index (χ2v) is 7.32. The molecule has 3 aromatic carbocycles. The average molecular weight is 385 g/mol. The number of carboxylic acids is 1. The molecule has 0 saturated carbocycles. The zero-order valence-electron chi connectivity index (χ0n) is 14.8. The third-order valence-corrected chi connectivity index (χ3v) is 5.51. The SMILES string of the molecule is [C-]#[N+]c1cc(-c2ccc(C(=O)O)s2)ccc1OCc1ccc2ccccc2c1. The first-order valence-corrected chi connectivity index (χ1v) is 9.41. The third kappa shape index (κ3) is 3.59. The van der Waals surface area contributed by atoms with Crippen molar-refractivity contribution in [2.45, 2.75) is 6.61 Å². The monoisotopic (exact) mass is 385 g/mol. The second kappa shape index (κ2) is 7.55. The first-order valence-electron chi connectivity index (χ1n) is 8.59. The van der Waals surface area contributed by atoms with Gasteiger partial charge in [0.2, 0.25) is 5.69 Å². The number of thiophene rings is 1. The van der Waals surface area contributed by atoms with Gasteiger partial charge in [-0.15, -0.1) is 11.3 Å². The van der Waals surface area contributed by atoms with Crippen LogP contribution in [0.5, 0.6) is 5.75 Å². The molecule has 4 aromatic rings. The first kappa shape index (κ1) is 17.8. The Morgan fingerprint density at radius 1 is 1.00 bits per heavy atom. The minimum atomic E-state index is -0.947.